The molecule has 0 bridgehead atoms. The van der Waals surface area contributed by atoms with Crippen molar-refractivity contribution in [1.29, 1.82) is 0 Å². The average molecular weight is 263 g/mol. The molecule has 0 amide bonds. The van der Waals surface area contributed by atoms with Gasteiger partial charge in [0.25, 0.3) is 0 Å². The summed E-state index contributed by atoms with van der Waals surface area (Å²) in [5.41, 5.74) is 0.517. The van der Waals surface area contributed by atoms with Gasteiger partial charge in [0.1, 0.15) is 5.82 Å². The van der Waals surface area contributed by atoms with Crippen molar-refractivity contribution < 1.29 is 13.9 Å². The molecule has 0 heterocycles. The van der Waals surface area contributed by atoms with Crippen molar-refractivity contribution in [3.63, 3.8) is 0 Å². The highest BCUT2D eigenvalue weighted by Gasteiger charge is 2.05. The molecule has 1 aromatic carbocycles. The van der Waals surface area contributed by atoms with Crippen LogP contribution in [0.2, 0.25) is 0 Å². The van der Waals surface area contributed by atoms with E-state index >= 15 is 0 Å². The lowest BCUT2D eigenvalue weighted by molar-refractivity contribution is -0.119. The van der Waals surface area contributed by atoms with E-state index in [-0.39, 0.29) is 18.7 Å². The van der Waals surface area contributed by atoms with Crippen molar-refractivity contribution in [1.82, 2.24) is 0 Å². The van der Waals surface area contributed by atoms with Crippen molar-refractivity contribution in [2.45, 2.75) is 19.8 Å². The molecule has 4 heteroatoms. The molecule has 0 aromatic heterocycles. The predicted octanol–water partition coefficient (Wildman–Crippen LogP) is 3.10. The highest BCUT2D eigenvalue weighted by molar-refractivity contribution is 9.10. The van der Waals surface area contributed by atoms with Gasteiger partial charge in [-0.1, -0.05) is 15.9 Å². The number of hydrogen-bond donors (Lipinski definition) is 0. The Bertz CT molecular complexity index is 304. The molecule has 78 valence electrons. The van der Waals surface area contributed by atoms with Crippen LogP contribution in [0.4, 0.5) is 4.39 Å². The van der Waals surface area contributed by atoms with Crippen LogP contribution in [-0.4, -0.2) is 13.4 Å². The maximum atomic E-state index is 13.2. The zero-order valence-electron chi connectivity index (χ0n) is 8.09. The summed E-state index contributed by atoms with van der Waals surface area (Å²) in [6.45, 7) is 1.97. The van der Waals surface area contributed by atoms with Crippen molar-refractivity contribution in [2.24, 2.45) is 0 Å². The molecular formula is C10H12BrFO2. The van der Waals surface area contributed by atoms with Gasteiger partial charge in [-0.2, -0.15) is 0 Å². The molecule has 1 rings (SSSR count). The Kier molecular flexibility index (Phi) is 4.51. The SMILES string of the molecule is COC(C)OCc1cc(Br)ccc1F. The Labute approximate surface area is 91.2 Å². The van der Waals surface area contributed by atoms with E-state index in [1.165, 1.54) is 6.07 Å². The maximum absolute atomic E-state index is 13.2. The summed E-state index contributed by atoms with van der Waals surface area (Å²) in [5.74, 6) is -0.267. The zero-order valence-corrected chi connectivity index (χ0v) is 9.67. The predicted molar refractivity (Wildman–Crippen MR) is 55.4 cm³/mol. The van der Waals surface area contributed by atoms with Crippen molar-refractivity contribution in [2.75, 3.05) is 7.11 Å². The van der Waals surface area contributed by atoms with Gasteiger partial charge < -0.3 is 9.47 Å². The van der Waals surface area contributed by atoms with Crippen LogP contribution in [0.15, 0.2) is 22.7 Å². The van der Waals surface area contributed by atoms with E-state index in [0.717, 1.165) is 4.47 Å². The second-order valence-corrected chi connectivity index (χ2v) is 3.77. The molecule has 1 unspecified atom stereocenters. The van der Waals surface area contributed by atoms with Crippen LogP contribution in [0, 0.1) is 5.82 Å². The number of hydrogen-bond acceptors (Lipinski definition) is 2. The Balaban J connectivity index is 2.62. The number of ether oxygens (including phenoxy) is 2. The first kappa shape index (κ1) is 11.6. The van der Waals surface area contributed by atoms with Gasteiger partial charge in [-0.15, -0.1) is 0 Å². The van der Waals surface area contributed by atoms with E-state index in [1.807, 2.05) is 0 Å². The molecule has 0 saturated heterocycles. The minimum Gasteiger partial charge on any atom is -0.356 e. The van der Waals surface area contributed by atoms with Gasteiger partial charge in [-0.25, -0.2) is 4.39 Å². The highest BCUT2D eigenvalue weighted by Crippen LogP contribution is 2.16. The quantitative estimate of drug-likeness (QED) is 0.777. The van der Waals surface area contributed by atoms with Crippen LogP contribution in [0.1, 0.15) is 12.5 Å². The van der Waals surface area contributed by atoms with Gasteiger partial charge in [0, 0.05) is 17.1 Å². The first-order chi connectivity index (χ1) is 6.63. The number of methoxy groups -OCH3 is 1. The van der Waals surface area contributed by atoms with E-state index in [4.69, 9.17) is 9.47 Å². The zero-order chi connectivity index (χ0) is 10.6. The highest BCUT2D eigenvalue weighted by atomic mass is 79.9. The first-order valence-corrected chi connectivity index (χ1v) is 5.01. The summed E-state index contributed by atoms with van der Waals surface area (Å²) >= 11 is 3.27. The van der Waals surface area contributed by atoms with Crippen molar-refractivity contribution >= 4 is 15.9 Å². The van der Waals surface area contributed by atoms with Gasteiger partial charge in [0.05, 0.1) is 6.61 Å². The molecular weight excluding hydrogens is 251 g/mol. The second-order valence-electron chi connectivity index (χ2n) is 2.85. The summed E-state index contributed by atoms with van der Waals surface area (Å²) in [5, 5.41) is 0. The molecule has 0 aliphatic heterocycles. The van der Waals surface area contributed by atoms with Crippen molar-refractivity contribution in [3.05, 3.63) is 34.1 Å². The molecule has 14 heavy (non-hydrogen) atoms. The van der Waals surface area contributed by atoms with E-state index in [2.05, 4.69) is 15.9 Å². The average Bonchev–Trinajstić information content (AvgIpc) is 2.19. The third-order valence-electron chi connectivity index (χ3n) is 1.81. The van der Waals surface area contributed by atoms with Crippen LogP contribution < -0.4 is 0 Å². The third kappa shape index (κ3) is 3.36. The summed E-state index contributed by atoms with van der Waals surface area (Å²) in [4.78, 5) is 0. The van der Waals surface area contributed by atoms with Gasteiger partial charge in [-0.05, 0) is 25.1 Å². The van der Waals surface area contributed by atoms with E-state index < -0.39 is 0 Å². The molecule has 0 aliphatic carbocycles. The lowest BCUT2D eigenvalue weighted by Crippen LogP contribution is -2.10. The van der Waals surface area contributed by atoms with Crippen LogP contribution in [0.25, 0.3) is 0 Å². The van der Waals surface area contributed by atoms with Crippen molar-refractivity contribution in [3.8, 4) is 0 Å². The van der Waals surface area contributed by atoms with Gasteiger partial charge >= 0.3 is 0 Å². The fourth-order valence-corrected chi connectivity index (χ4v) is 1.34. The standard InChI is InChI=1S/C10H12BrFO2/c1-7(13-2)14-6-8-5-9(11)3-4-10(8)12/h3-5,7H,6H2,1-2H3. The number of rotatable bonds is 4. The number of halogens is 2. The van der Waals surface area contributed by atoms with Crippen LogP contribution in [-0.2, 0) is 16.1 Å². The Morgan fingerprint density at radius 3 is 2.86 bits per heavy atom. The molecule has 0 N–H and O–H groups in total. The lowest BCUT2D eigenvalue weighted by Gasteiger charge is -2.11. The fourth-order valence-electron chi connectivity index (χ4n) is 0.929. The summed E-state index contributed by atoms with van der Waals surface area (Å²) in [7, 11) is 1.54. The van der Waals surface area contributed by atoms with E-state index in [9.17, 15) is 4.39 Å². The maximum Gasteiger partial charge on any atom is 0.154 e. The number of benzene rings is 1. The van der Waals surface area contributed by atoms with E-state index in [1.54, 1.807) is 26.2 Å². The molecule has 0 spiro atoms. The normalized spacial score (nSPS) is 12.9. The molecule has 1 aromatic rings. The van der Waals surface area contributed by atoms with E-state index in [0.29, 0.717) is 5.56 Å². The topological polar surface area (TPSA) is 18.5 Å². The molecule has 2 nitrogen and oxygen atoms in total. The molecule has 0 fully saturated rings. The summed E-state index contributed by atoms with van der Waals surface area (Å²) in [6, 6.07) is 4.75. The third-order valence-corrected chi connectivity index (χ3v) is 2.31. The van der Waals surface area contributed by atoms with Gasteiger partial charge in [0.15, 0.2) is 6.29 Å². The summed E-state index contributed by atoms with van der Waals surface area (Å²) in [6.07, 6.45) is -0.326. The fraction of sp³-hybridized carbons (Fsp3) is 0.400. The Hall–Kier alpha value is -0.450. The molecule has 0 saturated carbocycles. The Morgan fingerprint density at radius 1 is 1.50 bits per heavy atom. The first-order valence-electron chi connectivity index (χ1n) is 4.22. The van der Waals surface area contributed by atoms with Crippen LogP contribution in [0.3, 0.4) is 0 Å². The second kappa shape index (κ2) is 5.44. The molecule has 1 atom stereocenters. The molecule has 0 radical (unpaired) electrons. The van der Waals surface area contributed by atoms with Gasteiger partial charge in [0.2, 0.25) is 0 Å². The summed E-state index contributed by atoms with van der Waals surface area (Å²) < 4.78 is 24.1. The smallest absolute Gasteiger partial charge is 0.154 e. The minimum atomic E-state index is -0.326. The van der Waals surface area contributed by atoms with Crippen LogP contribution in [0.5, 0.6) is 0 Å². The lowest BCUT2D eigenvalue weighted by atomic mass is 10.2. The molecule has 0 aliphatic rings. The van der Waals surface area contributed by atoms with Gasteiger partial charge in [-0.3, -0.25) is 0 Å². The largest absolute Gasteiger partial charge is 0.356 e. The Morgan fingerprint density at radius 2 is 2.21 bits per heavy atom. The van der Waals surface area contributed by atoms with Crippen LogP contribution >= 0.6 is 15.9 Å². The minimum absolute atomic E-state index is 0.209. The monoisotopic (exact) mass is 262 g/mol.